The number of hydrogen-bond acceptors (Lipinski definition) is 6. The van der Waals surface area contributed by atoms with Gasteiger partial charge in [0.2, 0.25) is 0 Å². The van der Waals surface area contributed by atoms with Crippen molar-refractivity contribution < 1.29 is 5.11 Å². The lowest BCUT2D eigenvalue weighted by Gasteiger charge is -2.36. The maximum absolute atomic E-state index is 10.2. The van der Waals surface area contributed by atoms with Gasteiger partial charge >= 0.3 is 0 Å². The normalized spacial score (nSPS) is 17.6. The van der Waals surface area contributed by atoms with Crippen molar-refractivity contribution in [3.63, 3.8) is 0 Å². The van der Waals surface area contributed by atoms with E-state index >= 15 is 0 Å². The molecule has 7 heteroatoms. The molecule has 0 aromatic carbocycles. The molecule has 1 saturated heterocycles. The molecule has 1 N–H and O–H groups in total. The van der Waals surface area contributed by atoms with E-state index < -0.39 is 6.10 Å². The van der Waals surface area contributed by atoms with Crippen LogP contribution < -0.4 is 4.90 Å². The highest BCUT2D eigenvalue weighted by Gasteiger charge is 2.21. The number of aliphatic hydroxyl groups is 1. The van der Waals surface area contributed by atoms with Gasteiger partial charge < -0.3 is 10.0 Å². The molecule has 1 aliphatic heterocycles. The molecule has 0 amide bonds. The van der Waals surface area contributed by atoms with Gasteiger partial charge in [-0.3, -0.25) is 14.6 Å². The van der Waals surface area contributed by atoms with Crippen LogP contribution in [0, 0.1) is 6.92 Å². The van der Waals surface area contributed by atoms with E-state index in [1.807, 2.05) is 19.2 Å². The van der Waals surface area contributed by atoms with E-state index in [9.17, 15) is 5.11 Å². The van der Waals surface area contributed by atoms with Crippen LogP contribution in [0.25, 0.3) is 0 Å². The summed E-state index contributed by atoms with van der Waals surface area (Å²) in [5, 5.41) is 14.3. The molecule has 1 fully saturated rings. The van der Waals surface area contributed by atoms with Crippen molar-refractivity contribution in [2.24, 2.45) is 0 Å². The first-order valence-corrected chi connectivity index (χ1v) is 7.63. The van der Waals surface area contributed by atoms with Crippen LogP contribution in [0.4, 0.5) is 5.82 Å². The molecule has 2 aromatic rings. The van der Waals surface area contributed by atoms with Crippen LogP contribution in [0.5, 0.6) is 0 Å². The van der Waals surface area contributed by atoms with Crippen LogP contribution in [0.3, 0.4) is 0 Å². The first-order valence-electron chi connectivity index (χ1n) is 7.63. The Bertz CT molecular complexity index is 579. The second kappa shape index (κ2) is 6.85. The van der Waals surface area contributed by atoms with Gasteiger partial charge in [-0.1, -0.05) is 0 Å². The van der Waals surface area contributed by atoms with Gasteiger partial charge in [-0.15, -0.1) is 0 Å². The Balaban J connectivity index is 1.48. The molecule has 2 aromatic heterocycles. The molecule has 1 unspecified atom stereocenters. The van der Waals surface area contributed by atoms with Gasteiger partial charge in [-0.2, -0.15) is 5.10 Å². The molecule has 118 valence electrons. The van der Waals surface area contributed by atoms with Gasteiger partial charge in [0, 0.05) is 57.5 Å². The minimum atomic E-state index is -0.398. The fourth-order valence-electron chi connectivity index (χ4n) is 2.83. The van der Waals surface area contributed by atoms with E-state index in [4.69, 9.17) is 0 Å². The predicted octanol–water partition coefficient (Wildman–Crippen LogP) is 0.165. The minimum Gasteiger partial charge on any atom is -0.390 e. The van der Waals surface area contributed by atoms with Crippen LogP contribution in [-0.4, -0.2) is 68.6 Å². The number of aryl methyl sites for hydroxylation is 1. The summed E-state index contributed by atoms with van der Waals surface area (Å²) in [5.74, 6) is 0.972. The zero-order valence-corrected chi connectivity index (χ0v) is 12.8. The first kappa shape index (κ1) is 14.9. The first-order chi connectivity index (χ1) is 10.7. The van der Waals surface area contributed by atoms with Crippen LogP contribution in [0.1, 0.15) is 5.69 Å². The fraction of sp³-hybridized carbons (Fsp3) is 0.533. The summed E-state index contributed by atoms with van der Waals surface area (Å²) in [6, 6.07) is 1.87. The molecule has 3 rings (SSSR count). The zero-order chi connectivity index (χ0) is 15.4. The third kappa shape index (κ3) is 3.61. The van der Waals surface area contributed by atoms with Crippen LogP contribution in [0.15, 0.2) is 30.9 Å². The smallest absolute Gasteiger partial charge is 0.150 e. The monoisotopic (exact) mass is 302 g/mol. The quantitative estimate of drug-likeness (QED) is 0.849. The summed E-state index contributed by atoms with van der Waals surface area (Å²) in [7, 11) is 0. The van der Waals surface area contributed by atoms with E-state index in [-0.39, 0.29) is 0 Å². The van der Waals surface area contributed by atoms with Crippen LogP contribution in [-0.2, 0) is 6.54 Å². The molecule has 0 aliphatic carbocycles. The number of aromatic nitrogens is 4. The lowest BCUT2D eigenvalue weighted by Crippen LogP contribution is -2.49. The summed E-state index contributed by atoms with van der Waals surface area (Å²) < 4.78 is 1.77. The number of rotatable bonds is 5. The average molecular weight is 302 g/mol. The van der Waals surface area contributed by atoms with Crippen molar-refractivity contribution >= 4 is 5.82 Å². The molecule has 1 aliphatic rings. The van der Waals surface area contributed by atoms with Crippen LogP contribution >= 0.6 is 0 Å². The summed E-state index contributed by atoms with van der Waals surface area (Å²) in [5.41, 5.74) is 0.967. The Labute approximate surface area is 130 Å². The Morgan fingerprint density at radius 1 is 1.09 bits per heavy atom. The van der Waals surface area contributed by atoms with Gasteiger partial charge in [-0.05, 0) is 13.0 Å². The van der Waals surface area contributed by atoms with Crippen LogP contribution in [0.2, 0.25) is 0 Å². The summed E-state index contributed by atoms with van der Waals surface area (Å²) >= 11 is 0. The van der Waals surface area contributed by atoms with Crippen molar-refractivity contribution in [1.82, 2.24) is 24.6 Å². The van der Waals surface area contributed by atoms with Gasteiger partial charge in [0.1, 0.15) is 5.82 Å². The molecule has 1 atom stereocenters. The number of nitrogens with zero attached hydrogens (tertiary/aromatic N) is 6. The summed E-state index contributed by atoms with van der Waals surface area (Å²) in [4.78, 5) is 13.3. The Morgan fingerprint density at radius 2 is 1.86 bits per heavy atom. The molecule has 0 spiro atoms. The second-order valence-electron chi connectivity index (χ2n) is 5.63. The number of piperazine rings is 1. The van der Waals surface area contributed by atoms with Crippen molar-refractivity contribution in [2.75, 3.05) is 37.6 Å². The SMILES string of the molecule is Cc1nccnc1N1CCN(CC(O)Cn2cccn2)CC1. The molecular weight excluding hydrogens is 280 g/mol. The second-order valence-corrected chi connectivity index (χ2v) is 5.63. The standard InChI is InChI=1S/C15H22N6O/c1-13-15(17-5-4-16-13)20-9-7-19(8-10-20)11-14(22)12-21-6-2-3-18-21/h2-6,14,22H,7-12H2,1H3. The lowest BCUT2D eigenvalue weighted by atomic mass is 10.2. The third-order valence-corrected chi connectivity index (χ3v) is 3.95. The van der Waals surface area contributed by atoms with Gasteiger partial charge in [0.05, 0.1) is 18.3 Å². The lowest BCUT2D eigenvalue weighted by molar-refractivity contribution is 0.0920. The topological polar surface area (TPSA) is 70.3 Å². The van der Waals surface area contributed by atoms with E-state index in [2.05, 4.69) is 24.9 Å². The predicted molar refractivity (Wildman–Crippen MR) is 83.7 cm³/mol. The molecule has 0 saturated carbocycles. The number of aliphatic hydroxyl groups excluding tert-OH is 1. The van der Waals surface area contributed by atoms with Gasteiger partial charge in [-0.25, -0.2) is 4.98 Å². The van der Waals surface area contributed by atoms with Crippen molar-refractivity contribution in [3.8, 4) is 0 Å². The molecule has 0 radical (unpaired) electrons. The number of anilines is 1. The molecule has 22 heavy (non-hydrogen) atoms. The third-order valence-electron chi connectivity index (χ3n) is 3.95. The van der Waals surface area contributed by atoms with Crippen molar-refractivity contribution in [2.45, 2.75) is 19.6 Å². The van der Waals surface area contributed by atoms with E-state index in [1.165, 1.54) is 0 Å². The van der Waals surface area contributed by atoms with Crippen molar-refractivity contribution in [3.05, 3.63) is 36.5 Å². The van der Waals surface area contributed by atoms with Gasteiger partial charge in [0.15, 0.2) is 0 Å². The highest BCUT2D eigenvalue weighted by Crippen LogP contribution is 2.16. The summed E-state index contributed by atoms with van der Waals surface area (Å²) in [6.45, 7) is 6.87. The Kier molecular flexibility index (Phi) is 4.65. The van der Waals surface area contributed by atoms with Gasteiger partial charge in [0.25, 0.3) is 0 Å². The maximum Gasteiger partial charge on any atom is 0.150 e. The summed E-state index contributed by atoms with van der Waals surface area (Å²) in [6.07, 6.45) is 6.67. The fourth-order valence-corrected chi connectivity index (χ4v) is 2.83. The largest absolute Gasteiger partial charge is 0.390 e. The highest BCUT2D eigenvalue weighted by atomic mass is 16.3. The minimum absolute atomic E-state index is 0.398. The number of β-amino-alcohol motifs (C(OH)–C–C–N with tert-alkyl or cyclic N) is 1. The molecule has 3 heterocycles. The average Bonchev–Trinajstić information content (AvgIpc) is 3.01. The Hall–Kier alpha value is -1.99. The van der Waals surface area contributed by atoms with Crippen molar-refractivity contribution in [1.29, 1.82) is 0 Å². The molecule has 0 bridgehead atoms. The number of hydrogen-bond donors (Lipinski definition) is 1. The maximum atomic E-state index is 10.2. The zero-order valence-electron chi connectivity index (χ0n) is 12.8. The van der Waals surface area contributed by atoms with E-state index in [0.29, 0.717) is 13.1 Å². The molecular formula is C15H22N6O. The highest BCUT2D eigenvalue weighted by molar-refractivity contribution is 5.42. The van der Waals surface area contributed by atoms with E-state index in [1.54, 1.807) is 23.3 Å². The molecule has 7 nitrogen and oxygen atoms in total. The van der Waals surface area contributed by atoms with E-state index in [0.717, 1.165) is 37.7 Å². The Morgan fingerprint density at radius 3 is 2.55 bits per heavy atom.